The van der Waals surface area contributed by atoms with Gasteiger partial charge in [-0.15, -0.1) is 0 Å². The first-order valence-corrected chi connectivity index (χ1v) is 5.30. The van der Waals surface area contributed by atoms with Crippen molar-refractivity contribution in [3.8, 4) is 0 Å². The lowest BCUT2D eigenvalue weighted by atomic mass is 9.99. The molecule has 0 aromatic heterocycles. The van der Waals surface area contributed by atoms with Crippen molar-refractivity contribution in [3.63, 3.8) is 0 Å². The molecule has 0 aromatic carbocycles. The normalized spacial score (nSPS) is 15.0. The van der Waals surface area contributed by atoms with Crippen LogP contribution in [0.1, 0.15) is 27.2 Å². The largest absolute Gasteiger partial charge is 0.466 e. The Hall–Kier alpha value is -1.62. The zero-order chi connectivity index (χ0) is 13.6. The Morgan fingerprint density at radius 2 is 1.94 bits per heavy atom. The van der Waals surface area contributed by atoms with Crippen molar-refractivity contribution in [2.75, 3.05) is 7.11 Å². The second kappa shape index (κ2) is 6.85. The summed E-state index contributed by atoms with van der Waals surface area (Å²) in [6, 6.07) is 0. The minimum absolute atomic E-state index is 0.239. The summed E-state index contributed by atoms with van der Waals surface area (Å²) in [5, 5.41) is 9.78. The maximum absolute atomic E-state index is 11.2. The summed E-state index contributed by atoms with van der Waals surface area (Å²) in [4.78, 5) is 22.3. The van der Waals surface area contributed by atoms with E-state index in [0.29, 0.717) is 17.6 Å². The molecule has 0 aliphatic carbocycles. The van der Waals surface area contributed by atoms with Crippen molar-refractivity contribution >= 4 is 11.9 Å². The van der Waals surface area contributed by atoms with Crippen LogP contribution in [-0.2, 0) is 14.3 Å². The van der Waals surface area contributed by atoms with E-state index in [1.54, 1.807) is 13.8 Å². The van der Waals surface area contributed by atoms with Crippen molar-refractivity contribution in [1.29, 1.82) is 0 Å². The molecule has 0 aliphatic rings. The average molecular weight is 241 g/mol. The van der Waals surface area contributed by atoms with Crippen LogP contribution in [0.4, 0.5) is 0 Å². The van der Waals surface area contributed by atoms with Crippen LogP contribution in [0.2, 0.25) is 0 Å². The molecule has 5 nitrogen and oxygen atoms in total. The summed E-state index contributed by atoms with van der Waals surface area (Å²) in [6.07, 6.45) is 1.02. The molecule has 17 heavy (non-hydrogen) atoms. The van der Waals surface area contributed by atoms with Crippen LogP contribution in [0.15, 0.2) is 22.8 Å². The molecule has 0 rings (SSSR count). The van der Waals surface area contributed by atoms with E-state index in [4.69, 9.17) is 5.73 Å². The molecule has 1 unspecified atom stereocenters. The van der Waals surface area contributed by atoms with Crippen molar-refractivity contribution in [2.45, 2.75) is 33.3 Å². The smallest absolute Gasteiger partial charge is 0.333 e. The van der Waals surface area contributed by atoms with E-state index in [1.165, 1.54) is 20.1 Å². The summed E-state index contributed by atoms with van der Waals surface area (Å²) in [7, 11) is 1.26. The van der Waals surface area contributed by atoms with E-state index in [9.17, 15) is 14.7 Å². The Labute approximate surface area is 101 Å². The number of nitrogens with two attached hydrogens (primary N) is 1. The standard InChI is InChI=1S/C12H19NO4/c1-5-10(14)9(8(3)11(13)15)6-7(2)12(16)17-4/h6,10,14H,5H2,1-4H3,(H2,13,15)/b7-6+,9-8-. The van der Waals surface area contributed by atoms with Crippen LogP contribution in [0.5, 0.6) is 0 Å². The Balaban J connectivity index is 5.45. The van der Waals surface area contributed by atoms with Gasteiger partial charge in [-0.1, -0.05) is 6.92 Å². The lowest BCUT2D eigenvalue weighted by Crippen LogP contribution is -2.19. The Bertz CT molecular complexity index is 369. The molecule has 0 saturated heterocycles. The molecule has 0 aliphatic heterocycles. The fraction of sp³-hybridized carbons (Fsp3) is 0.500. The zero-order valence-corrected chi connectivity index (χ0v) is 10.6. The Kier molecular flexibility index (Phi) is 6.20. The van der Waals surface area contributed by atoms with Gasteiger partial charge in [-0.2, -0.15) is 0 Å². The van der Waals surface area contributed by atoms with Crippen LogP contribution in [-0.4, -0.2) is 30.2 Å². The SMILES string of the molecule is CCC(O)C(/C=C(\C)C(=O)OC)=C(/C)C(N)=O. The third kappa shape index (κ3) is 4.40. The number of esters is 1. The zero-order valence-electron chi connectivity index (χ0n) is 10.6. The number of hydrogen-bond donors (Lipinski definition) is 2. The molecule has 0 aromatic rings. The lowest BCUT2D eigenvalue weighted by Gasteiger charge is -2.13. The molecule has 0 bridgehead atoms. The number of carbonyl (C=O) groups is 2. The van der Waals surface area contributed by atoms with Gasteiger partial charge in [-0.3, -0.25) is 4.79 Å². The van der Waals surface area contributed by atoms with Crippen molar-refractivity contribution in [1.82, 2.24) is 0 Å². The van der Waals surface area contributed by atoms with E-state index in [1.807, 2.05) is 0 Å². The molecule has 0 heterocycles. The van der Waals surface area contributed by atoms with Gasteiger partial charge in [0.2, 0.25) is 5.91 Å². The van der Waals surface area contributed by atoms with Gasteiger partial charge in [0.05, 0.1) is 13.2 Å². The number of rotatable bonds is 5. The van der Waals surface area contributed by atoms with Crippen LogP contribution >= 0.6 is 0 Å². The predicted molar refractivity (Wildman–Crippen MR) is 64.0 cm³/mol. The van der Waals surface area contributed by atoms with Crippen LogP contribution in [0.3, 0.4) is 0 Å². The van der Waals surface area contributed by atoms with Crippen molar-refractivity contribution in [3.05, 3.63) is 22.8 Å². The minimum atomic E-state index is -0.831. The minimum Gasteiger partial charge on any atom is -0.466 e. The highest BCUT2D eigenvalue weighted by Crippen LogP contribution is 2.16. The van der Waals surface area contributed by atoms with Crippen LogP contribution < -0.4 is 5.73 Å². The van der Waals surface area contributed by atoms with Gasteiger partial charge in [0.1, 0.15) is 0 Å². The van der Waals surface area contributed by atoms with E-state index in [-0.39, 0.29) is 5.57 Å². The quantitative estimate of drug-likeness (QED) is 0.421. The van der Waals surface area contributed by atoms with Crippen molar-refractivity contribution in [2.24, 2.45) is 5.73 Å². The first-order chi connectivity index (χ1) is 7.84. The fourth-order valence-electron chi connectivity index (χ4n) is 1.27. The monoisotopic (exact) mass is 241 g/mol. The highest BCUT2D eigenvalue weighted by Gasteiger charge is 2.15. The van der Waals surface area contributed by atoms with Gasteiger partial charge < -0.3 is 15.6 Å². The Morgan fingerprint density at radius 1 is 1.41 bits per heavy atom. The summed E-state index contributed by atoms with van der Waals surface area (Å²) < 4.78 is 4.54. The molecule has 0 radical (unpaired) electrons. The van der Waals surface area contributed by atoms with Gasteiger partial charge in [0.15, 0.2) is 0 Å². The number of aliphatic hydroxyl groups is 1. The third-order valence-corrected chi connectivity index (χ3v) is 2.43. The maximum Gasteiger partial charge on any atom is 0.333 e. The summed E-state index contributed by atoms with van der Waals surface area (Å²) in [6.45, 7) is 4.82. The number of amides is 1. The molecule has 5 heteroatoms. The third-order valence-electron chi connectivity index (χ3n) is 2.43. The predicted octanol–water partition coefficient (Wildman–Crippen LogP) is 0.678. The van der Waals surface area contributed by atoms with E-state index in [2.05, 4.69) is 4.74 Å². The molecule has 0 saturated carbocycles. The summed E-state index contributed by atoms with van der Waals surface area (Å²) in [5.41, 5.74) is 6.05. The van der Waals surface area contributed by atoms with Gasteiger partial charge in [0, 0.05) is 11.1 Å². The number of aliphatic hydroxyl groups excluding tert-OH is 1. The highest BCUT2D eigenvalue weighted by molar-refractivity contribution is 5.94. The topological polar surface area (TPSA) is 89.6 Å². The molecule has 3 N–H and O–H groups in total. The Morgan fingerprint density at radius 3 is 2.29 bits per heavy atom. The maximum atomic E-state index is 11.2. The van der Waals surface area contributed by atoms with Crippen molar-refractivity contribution < 1.29 is 19.4 Å². The van der Waals surface area contributed by atoms with Gasteiger partial charge in [0.25, 0.3) is 0 Å². The summed E-state index contributed by atoms with van der Waals surface area (Å²) >= 11 is 0. The van der Waals surface area contributed by atoms with Gasteiger partial charge in [-0.25, -0.2) is 4.79 Å². The molecular formula is C12H19NO4. The molecule has 96 valence electrons. The summed E-state index contributed by atoms with van der Waals surface area (Å²) in [5.74, 6) is -1.13. The number of methoxy groups -OCH3 is 1. The first-order valence-electron chi connectivity index (χ1n) is 5.30. The molecule has 1 amide bonds. The molecule has 0 fully saturated rings. The molecule has 1 atom stereocenters. The number of hydrogen-bond acceptors (Lipinski definition) is 4. The fourth-order valence-corrected chi connectivity index (χ4v) is 1.27. The average Bonchev–Trinajstić information content (AvgIpc) is 2.32. The number of carbonyl (C=O) groups excluding carboxylic acids is 2. The lowest BCUT2D eigenvalue weighted by molar-refractivity contribution is -0.136. The number of primary amides is 1. The van der Waals surface area contributed by atoms with Crippen LogP contribution in [0.25, 0.3) is 0 Å². The second-order valence-corrected chi connectivity index (χ2v) is 3.69. The van der Waals surface area contributed by atoms with E-state index in [0.717, 1.165) is 0 Å². The molecular weight excluding hydrogens is 222 g/mol. The first kappa shape index (κ1) is 15.4. The molecule has 0 spiro atoms. The van der Waals surface area contributed by atoms with Gasteiger partial charge >= 0.3 is 5.97 Å². The second-order valence-electron chi connectivity index (χ2n) is 3.69. The van der Waals surface area contributed by atoms with Crippen LogP contribution in [0, 0.1) is 0 Å². The van der Waals surface area contributed by atoms with Gasteiger partial charge in [-0.05, 0) is 31.9 Å². The van der Waals surface area contributed by atoms with E-state index >= 15 is 0 Å². The van der Waals surface area contributed by atoms with E-state index < -0.39 is 18.0 Å². The number of ether oxygens (including phenoxy) is 1. The highest BCUT2D eigenvalue weighted by atomic mass is 16.5.